The summed E-state index contributed by atoms with van der Waals surface area (Å²) in [6, 6.07) is 0. The molecule has 21 heavy (non-hydrogen) atoms. The number of anilines is 1. The van der Waals surface area contributed by atoms with E-state index in [-0.39, 0.29) is 11.3 Å². The van der Waals surface area contributed by atoms with Crippen molar-refractivity contribution >= 4 is 11.7 Å². The Labute approximate surface area is 125 Å². The van der Waals surface area contributed by atoms with E-state index in [1.807, 2.05) is 4.90 Å². The normalized spacial score (nSPS) is 25.9. The third kappa shape index (κ3) is 2.72. The Balaban J connectivity index is 1.71. The van der Waals surface area contributed by atoms with Gasteiger partial charge < -0.3 is 14.5 Å². The van der Waals surface area contributed by atoms with Crippen LogP contribution in [-0.4, -0.2) is 60.7 Å². The Morgan fingerprint density at radius 3 is 3.00 bits per heavy atom. The molecule has 0 radical (unpaired) electrons. The fraction of sp³-hybridized carbons (Fsp3) is 0.667. The minimum absolute atomic E-state index is 0.233. The zero-order chi connectivity index (χ0) is 14.7. The molecule has 3 rings (SSSR count). The molecule has 1 aromatic rings. The lowest BCUT2D eigenvalue weighted by molar-refractivity contribution is -0.145. The quantitative estimate of drug-likeness (QED) is 0.826. The minimum Gasteiger partial charge on any atom is -0.383 e. The largest absolute Gasteiger partial charge is 0.383 e. The molecular weight excluding hydrogens is 268 g/mol. The maximum atomic E-state index is 12.8. The summed E-state index contributed by atoms with van der Waals surface area (Å²) in [4.78, 5) is 25.5. The van der Waals surface area contributed by atoms with Gasteiger partial charge in [0.05, 0.1) is 18.2 Å². The summed E-state index contributed by atoms with van der Waals surface area (Å²) in [5.74, 6) is 1.16. The van der Waals surface area contributed by atoms with Crippen LogP contribution in [0.3, 0.4) is 0 Å². The maximum absolute atomic E-state index is 12.8. The molecule has 1 amide bonds. The predicted molar refractivity (Wildman–Crippen MR) is 79.0 cm³/mol. The SMILES string of the molecule is COCCN1CCC[C@@]2(CCN(c3cnccn3)C2)C1=O. The molecular formula is C15H22N4O2. The number of rotatable bonds is 4. The summed E-state index contributed by atoms with van der Waals surface area (Å²) < 4.78 is 5.11. The number of ether oxygens (including phenoxy) is 1. The van der Waals surface area contributed by atoms with Crippen molar-refractivity contribution in [2.45, 2.75) is 19.3 Å². The molecule has 3 heterocycles. The Bertz CT molecular complexity index is 496. The van der Waals surface area contributed by atoms with E-state index in [9.17, 15) is 4.79 Å². The third-order valence-corrected chi connectivity index (χ3v) is 4.62. The van der Waals surface area contributed by atoms with Crippen LogP contribution in [0.5, 0.6) is 0 Å². The second-order valence-electron chi connectivity index (χ2n) is 5.90. The van der Waals surface area contributed by atoms with Gasteiger partial charge in [-0.2, -0.15) is 0 Å². The van der Waals surface area contributed by atoms with Crippen molar-refractivity contribution < 1.29 is 9.53 Å². The Morgan fingerprint density at radius 1 is 1.33 bits per heavy atom. The zero-order valence-electron chi connectivity index (χ0n) is 12.5. The fourth-order valence-electron chi connectivity index (χ4n) is 3.47. The van der Waals surface area contributed by atoms with E-state index in [1.165, 1.54) is 0 Å². The second kappa shape index (κ2) is 5.97. The number of carbonyl (C=O) groups is 1. The number of piperidine rings is 1. The zero-order valence-corrected chi connectivity index (χ0v) is 12.5. The minimum atomic E-state index is -0.233. The highest BCUT2D eigenvalue weighted by molar-refractivity contribution is 5.85. The lowest BCUT2D eigenvalue weighted by Gasteiger charge is -2.39. The number of amides is 1. The number of likely N-dealkylation sites (tertiary alicyclic amines) is 1. The molecule has 1 atom stereocenters. The number of carbonyl (C=O) groups excluding carboxylic acids is 1. The molecule has 6 heteroatoms. The topological polar surface area (TPSA) is 58.6 Å². The van der Waals surface area contributed by atoms with E-state index in [4.69, 9.17) is 4.74 Å². The molecule has 0 N–H and O–H groups in total. The summed E-state index contributed by atoms with van der Waals surface area (Å²) in [6.07, 6.45) is 8.11. The van der Waals surface area contributed by atoms with Crippen LogP contribution in [0.2, 0.25) is 0 Å². The van der Waals surface area contributed by atoms with Gasteiger partial charge in [-0.1, -0.05) is 0 Å². The van der Waals surface area contributed by atoms with Crippen LogP contribution in [0, 0.1) is 5.41 Å². The van der Waals surface area contributed by atoms with Gasteiger partial charge in [0.1, 0.15) is 5.82 Å². The average Bonchev–Trinajstić information content (AvgIpc) is 2.95. The van der Waals surface area contributed by atoms with Crippen molar-refractivity contribution in [3.8, 4) is 0 Å². The lowest BCUT2D eigenvalue weighted by atomic mass is 9.78. The standard InChI is InChI=1S/C15H22N4O2/c1-21-10-9-18-7-2-3-15(14(18)20)4-8-19(12-15)13-11-16-5-6-17-13/h5-6,11H,2-4,7-10,12H2,1H3/t15-/m0/s1. The van der Waals surface area contributed by atoms with Crippen LogP contribution >= 0.6 is 0 Å². The molecule has 2 fully saturated rings. The molecule has 1 aromatic heterocycles. The maximum Gasteiger partial charge on any atom is 0.230 e. The summed E-state index contributed by atoms with van der Waals surface area (Å²) in [5, 5.41) is 0. The summed E-state index contributed by atoms with van der Waals surface area (Å²) in [7, 11) is 1.68. The predicted octanol–water partition coefficient (Wildman–Crippen LogP) is 0.942. The van der Waals surface area contributed by atoms with Gasteiger partial charge in [-0.05, 0) is 19.3 Å². The van der Waals surface area contributed by atoms with Gasteiger partial charge >= 0.3 is 0 Å². The number of methoxy groups -OCH3 is 1. The number of hydrogen-bond acceptors (Lipinski definition) is 5. The van der Waals surface area contributed by atoms with Crippen LogP contribution in [0.4, 0.5) is 5.82 Å². The summed E-state index contributed by atoms with van der Waals surface area (Å²) >= 11 is 0. The number of nitrogens with zero attached hydrogens (tertiary/aromatic N) is 4. The Hall–Kier alpha value is -1.69. The summed E-state index contributed by atoms with van der Waals surface area (Å²) in [5.41, 5.74) is -0.233. The molecule has 6 nitrogen and oxygen atoms in total. The Morgan fingerprint density at radius 2 is 2.24 bits per heavy atom. The van der Waals surface area contributed by atoms with E-state index >= 15 is 0 Å². The van der Waals surface area contributed by atoms with Crippen LogP contribution in [-0.2, 0) is 9.53 Å². The first kappa shape index (κ1) is 14.3. The highest BCUT2D eigenvalue weighted by Gasteiger charge is 2.48. The lowest BCUT2D eigenvalue weighted by Crippen LogP contribution is -2.51. The van der Waals surface area contributed by atoms with E-state index < -0.39 is 0 Å². The van der Waals surface area contributed by atoms with Crippen molar-refractivity contribution in [3.05, 3.63) is 18.6 Å². The molecule has 0 saturated carbocycles. The first-order valence-corrected chi connectivity index (χ1v) is 7.54. The average molecular weight is 290 g/mol. The van der Waals surface area contributed by atoms with Crippen molar-refractivity contribution in [2.24, 2.45) is 5.41 Å². The molecule has 0 aliphatic carbocycles. The van der Waals surface area contributed by atoms with Crippen LogP contribution in [0.25, 0.3) is 0 Å². The van der Waals surface area contributed by atoms with E-state index in [1.54, 1.807) is 25.7 Å². The first-order valence-electron chi connectivity index (χ1n) is 7.54. The smallest absolute Gasteiger partial charge is 0.230 e. The first-order chi connectivity index (χ1) is 10.2. The molecule has 114 valence electrons. The van der Waals surface area contributed by atoms with E-state index in [2.05, 4.69) is 14.9 Å². The monoisotopic (exact) mass is 290 g/mol. The molecule has 0 unspecified atom stereocenters. The highest BCUT2D eigenvalue weighted by Crippen LogP contribution is 2.41. The van der Waals surface area contributed by atoms with Crippen molar-refractivity contribution in [1.29, 1.82) is 0 Å². The van der Waals surface area contributed by atoms with Crippen molar-refractivity contribution in [1.82, 2.24) is 14.9 Å². The van der Waals surface area contributed by atoms with Gasteiger partial charge in [-0.25, -0.2) is 4.98 Å². The van der Waals surface area contributed by atoms with Gasteiger partial charge in [-0.15, -0.1) is 0 Å². The fourth-order valence-corrected chi connectivity index (χ4v) is 3.47. The van der Waals surface area contributed by atoms with E-state index in [0.717, 1.165) is 44.7 Å². The van der Waals surface area contributed by atoms with Gasteiger partial charge in [0.2, 0.25) is 5.91 Å². The Kier molecular flexibility index (Phi) is 4.05. The third-order valence-electron chi connectivity index (χ3n) is 4.62. The van der Waals surface area contributed by atoms with Crippen LogP contribution < -0.4 is 4.90 Å². The molecule has 2 aliphatic rings. The second-order valence-corrected chi connectivity index (χ2v) is 5.90. The van der Waals surface area contributed by atoms with Crippen molar-refractivity contribution in [3.63, 3.8) is 0 Å². The summed E-state index contributed by atoms with van der Waals surface area (Å²) in [6.45, 7) is 3.80. The van der Waals surface area contributed by atoms with Crippen LogP contribution in [0.15, 0.2) is 18.6 Å². The van der Waals surface area contributed by atoms with Crippen LogP contribution in [0.1, 0.15) is 19.3 Å². The molecule has 2 aliphatic heterocycles. The molecule has 2 saturated heterocycles. The van der Waals surface area contributed by atoms with Gasteiger partial charge in [0, 0.05) is 45.7 Å². The number of aromatic nitrogens is 2. The molecule has 0 aromatic carbocycles. The van der Waals surface area contributed by atoms with Gasteiger partial charge in [0.15, 0.2) is 0 Å². The molecule has 1 spiro atoms. The van der Waals surface area contributed by atoms with Gasteiger partial charge in [0.25, 0.3) is 0 Å². The van der Waals surface area contributed by atoms with Crippen molar-refractivity contribution in [2.75, 3.05) is 44.8 Å². The number of hydrogen-bond donors (Lipinski definition) is 0. The molecule has 0 bridgehead atoms. The highest BCUT2D eigenvalue weighted by atomic mass is 16.5. The van der Waals surface area contributed by atoms with Gasteiger partial charge in [-0.3, -0.25) is 9.78 Å². The van der Waals surface area contributed by atoms with E-state index in [0.29, 0.717) is 13.2 Å².